The number of imidazole rings is 1. The Labute approximate surface area is 115 Å². The standard InChI is InChI=1S/C12H15ClFN3S/c1-18-5-3-2-4-17-11-6-8(13)9(14)7-10(11)16-12(17)15/h6-7H,2-5H2,1H3,(H2,15,16). The number of rotatable bonds is 5. The van der Waals surface area contributed by atoms with Gasteiger partial charge in [-0.1, -0.05) is 11.6 Å². The van der Waals surface area contributed by atoms with Gasteiger partial charge in [0.15, 0.2) is 0 Å². The molecule has 0 bridgehead atoms. The first-order chi connectivity index (χ1) is 8.63. The number of halogens is 2. The average molecular weight is 288 g/mol. The first-order valence-corrected chi connectivity index (χ1v) is 7.50. The van der Waals surface area contributed by atoms with E-state index in [9.17, 15) is 4.39 Å². The summed E-state index contributed by atoms with van der Waals surface area (Å²) in [5.74, 6) is 1.08. The lowest BCUT2D eigenvalue weighted by Crippen LogP contribution is -2.03. The number of nitrogens with zero attached hydrogens (tertiary/aromatic N) is 2. The smallest absolute Gasteiger partial charge is 0.201 e. The van der Waals surface area contributed by atoms with E-state index in [2.05, 4.69) is 11.2 Å². The van der Waals surface area contributed by atoms with Gasteiger partial charge in [-0.3, -0.25) is 0 Å². The summed E-state index contributed by atoms with van der Waals surface area (Å²) >= 11 is 7.62. The van der Waals surface area contributed by atoms with Crippen molar-refractivity contribution in [2.45, 2.75) is 19.4 Å². The Hall–Kier alpha value is -0.940. The molecule has 0 aliphatic rings. The van der Waals surface area contributed by atoms with Crippen molar-refractivity contribution in [3.8, 4) is 0 Å². The fraction of sp³-hybridized carbons (Fsp3) is 0.417. The lowest BCUT2D eigenvalue weighted by atomic mass is 10.3. The molecule has 1 aromatic heterocycles. The molecule has 0 aliphatic carbocycles. The van der Waals surface area contributed by atoms with Gasteiger partial charge in [-0.25, -0.2) is 9.37 Å². The number of anilines is 1. The normalized spacial score (nSPS) is 11.3. The van der Waals surface area contributed by atoms with Crippen LogP contribution in [0, 0.1) is 5.82 Å². The maximum Gasteiger partial charge on any atom is 0.201 e. The van der Waals surface area contributed by atoms with E-state index < -0.39 is 5.82 Å². The van der Waals surface area contributed by atoms with Gasteiger partial charge in [0.25, 0.3) is 0 Å². The van der Waals surface area contributed by atoms with E-state index in [1.807, 2.05) is 16.3 Å². The van der Waals surface area contributed by atoms with Crippen LogP contribution in [-0.2, 0) is 6.54 Å². The summed E-state index contributed by atoms with van der Waals surface area (Å²) in [6, 6.07) is 2.91. The van der Waals surface area contributed by atoms with Gasteiger partial charge >= 0.3 is 0 Å². The quantitative estimate of drug-likeness (QED) is 0.855. The number of benzene rings is 1. The minimum absolute atomic E-state index is 0.104. The molecule has 2 aromatic rings. The predicted molar refractivity (Wildman–Crippen MR) is 76.7 cm³/mol. The third kappa shape index (κ3) is 2.72. The van der Waals surface area contributed by atoms with Crippen molar-refractivity contribution in [2.24, 2.45) is 0 Å². The second-order valence-corrected chi connectivity index (χ2v) is 5.47. The average Bonchev–Trinajstić information content (AvgIpc) is 2.62. The zero-order valence-electron chi connectivity index (χ0n) is 10.1. The minimum Gasteiger partial charge on any atom is -0.369 e. The first kappa shape index (κ1) is 13.5. The SMILES string of the molecule is CSCCCCn1c(N)nc2cc(F)c(Cl)cc21. The molecule has 0 radical (unpaired) electrons. The molecule has 6 heteroatoms. The Morgan fingerprint density at radius 3 is 2.94 bits per heavy atom. The molecule has 0 atom stereocenters. The van der Waals surface area contributed by atoms with Crippen molar-refractivity contribution in [1.29, 1.82) is 0 Å². The van der Waals surface area contributed by atoms with Crippen LogP contribution in [0.5, 0.6) is 0 Å². The van der Waals surface area contributed by atoms with Crippen LogP contribution in [0.15, 0.2) is 12.1 Å². The summed E-state index contributed by atoms with van der Waals surface area (Å²) in [7, 11) is 0. The fourth-order valence-corrected chi connectivity index (χ4v) is 2.54. The van der Waals surface area contributed by atoms with Gasteiger partial charge in [0.2, 0.25) is 5.95 Å². The van der Waals surface area contributed by atoms with Gasteiger partial charge in [-0.05, 0) is 30.9 Å². The number of unbranched alkanes of at least 4 members (excludes halogenated alkanes) is 1. The molecule has 18 heavy (non-hydrogen) atoms. The van der Waals surface area contributed by atoms with E-state index in [-0.39, 0.29) is 5.02 Å². The van der Waals surface area contributed by atoms with Gasteiger partial charge < -0.3 is 10.3 Å². The summed E-state index contributed by atoms with van der Waals surface area (Å²) in [5, 5.41) is 0.104. The highest BCUT2D eigenvalue weighted by atomic mass is 35.5. The highest BCUT2D eigenvalue weighted by molar-refractivity contribution is 7.98. The van der Waals surface area contributed by atoms with Crippen LogP contribution in [0.3, 0.4) is 0 Å². The molecule has 0 aliphatic heterocycles. The van der Waals surface area contributed by atoms with Crippen LogP contribution >= 0.6 is 23.4 Å². The summed E-state index contributed by atoms with van der Waals surface area (Å²) in [6.45, 7) is 0.783. The topological polar surface area (TPSA) is 43.8 Å². The predicted octanol–water partition coefficient (Wildman–Crippen LogP) is 3.55. The van der Waals surface area contributed by atoms with E-state index in [1.54, 1.807) is 6.07 Å². The van der Waals surface area contributed by atoms with Gasteiger partial charge in [0, 0.05) is 12.6 Å². The lowest BCUT2D eigenvalue weighted by molar-refractivity contribution is 0.629. The van der Waals surface area contributed by atoms with E-state index in [0.29, 0.717) is 11.5 Å². The number of nitrogens with two attached hydrogens (primary N) is 1. The Morgan fingerprint density at radius 1 is 1.44 bits per heavy atom. The van der Waals surface area contributed by atoms with E-state index in [1.165, 1.54) is 6.07 Å². The number of aryl methyl sites for hydroxylation is 1. The first-order valence-electron chi connectivity index (χ1n) is 5.73. The van der Waals surface area contributed by atoms with Crippen LogP contribution < -0.4 is 5.73 Å². The number of nitrogen functional groups attached to an aromatic ring is 1. The van der Waals surface area contributed by atoms with Crippen molar-refractivity contribution < 1.29 is 4.39 Å². The van der Waals surface area contributed by atoms with Crippen LogP contribution in [-0.4, -0.2) is 21.6 Å². The number of hydrogen-bond donors (Lipinski definition) is 1. The molecule has 1 heterocycles. The molecule has 0 saturated carbocycles. The van der Waals surface area contributed by atoms with Crippen molar-refractivity contribution in [2.75, 3.05) is 17.7 Å². The van der Waals surface area contributed by atoms with E-state index in [0.717, 1.165) is 30.7 Å². The molecule has 2 rings (SSSR count). The summed E-state index contributed by atoms with van der Waals surface area (Å²) < 4.78 is 15.2. The number of thioether (sulfide) groups is 1. The molecule has 0 spiro atoms. The third-order valence-corrected chi connectivity index (χ3v) is 3.79. The molecule has 0 fully saturated rings. The monoisotopic (exact) mass is 287 g/mol. The summed E-state index contributed by atoms with van der Waals surface area (Å²) in [4.78, 5) is 4.15. The van der Waals surface area contributed by atoms with Crippen molar-refractivity contribution in [1.82, 2.24) is 9.55 Å². The number of aromatic nitrogens is 2. The van der Waals surface area contributed by atoms with Crippen molar-refractivity contribution >= 4 is 40.3 Å². The highest BCUT2D eigenvalue weighted by Gasteiger charge is 2.11. The van der Waals surface area contributed by atoms with Gasteiger partial charge in [0.05, 0.1) is 16.1 Å². The zero-order chi connectivity index (χ0) is 13.1. The summed E-state index contributed by atoms with van der Waals surface area (Å²) in [5.41, 5.74) is 7.20. The van der Waals surface area contributed by atoms with Gasteiger partial charge in [0.1, 0.15) is 5.82 Å². The van der Waals surface area contributed by atoms with Crippen LogP contribution in [0.25, 0.3) is 11.0 Å². The molecular weight excluding hydrogens is 273 g/mol. The Morgan fingerprint density at radius 2 is 2.22 bits per heavy atom. The van der Waals surface area contributed by atoms with Crippen molar-refractivity contribution in [3.63, 3.8) is 0 Å². The van der Waals surface area contributed by atoms with E-state index >= 15 is 0 Å². The Balaban J connectivity index is 2.26. The lowest BCUT2D eigenvalue weighted by Gasteiger charge is -2.06. The molecule has 1 aromatic carbocycles. The molecule has 98 valence electrons. The van der Waals surface area contributed by atoms with E-state index in [4.69, 9.17) is 17.3 Å². The van der Waals surface area contributed by atoms with Crippen LogP contribution in [0.2, 0.25) is 5.02 Å². The zero-order valence-corrected chi connectivity index (χ0v) is 11.7. The molecule has 2 N–H and O–H groups in total. The maximum absolute atomic E-state index is 13.3. The summed E-state index contributed by atoms with van der Waals surface area (Å²) in [6.07, 6.45) is 4.23. The van der Waals surface area contributed by atoms with Gasteiger partial charge in [-0.2, -0.15) is 11.8 Å². The molecule has 0 amide bonds. The number of fused-ring (bicyclic) bond motifs is 1. The second-order valence-electron chi connectivity index (χ2n) is 4.08. The molecule has 3 nitrogen and oxygen atoms in total. The van der Waals surface area contributed by atoms with Crippen molar-refractivity contribution in [3.05, 3.63) is 23.0 Å². The molecule has 0 unspecified atom stereocenters. The highest BCUT2D eigenvalue weighted by Crippen LogP contribution is 2.25. The minimum atomic E-state index is -0.462. The second kappa shape index (κ2) is 5.80. The largest absolute Gasteiger partial charge is 0.369 e. The van der Waals surface area contributed by atoms with Crippen LogP contribution in [0.1, 0.15) is 12.8 Å². The Bertz CT molecular complexity index is 556. The fourth-order valence-electron chi connectivity index (χ4n) is 1.89. The Kier molecular flexibility index (Phi) is 4.35. The van der Waals surface area contributed by atoms with Crippen LogP contribution in [0.4, 0.5) is 10.3 Å². The molecule has 0 saturated heterocycles. The molecular formula is C12H15ClFN3S. The maximum atomic E-state index is 13.3. The van der Waals surface area contributed by atoms with Gasteiger partial charge in [-0.15, -0.1) is 0 Å². The third-order valence-electron chi connectivity index (χ3n) is 2.80. The number of hydrogen-bond acceptors (Lipinski definition) is 3.